The van der Waals surface area contributed by atoms with Gasteiger partial charge in [-0.1, -0.05) is 36.4 Å². The highest BCUT2D eigenvalue weighted by Gasteiger charge is 2.10. The van der Waals surface area contributed by atoms with E-state index in [1.165, 1.54) is 11.1 Å². The predicted molar refractivity (Wildman–Crippen MR) is 113 cm³/mol. The summed E-state index contributed by atoms with van der Waals surface area (Å²) in [5.41, 5.74) is 9.70. The third-order valence-electron chi connectivity index (χ3n) is 4.84. The van der Waals surface area contributed by atoms with Gasteiger partial charge in [-0.2, -0.15) is 0 Å². The second-order valence-electron chi connectivity index (χ2n) is 6.93. The van der Waals surface area contributed by atoms with Crippen LogP contribution in [0.3, 0.4) is 0 Å². The zero-order chi connectivity index (χ0) is 19.6. The molecular formula is C22H30N4O2. The van der Waals surface area contributed by atoms with Gasteiger partial charge < -0.3 is 20.5 Å². The number of ether oxygens (including phenoxy) is 2. The summed E-state index contributed by atoms with van der Waals surface area (Å²) >= 11 is 0. The Kier molecular flexibility index (Phi) is 7.70. The van der Waals surface area contributed by atoms with Gasteiger partial charge in [-0.25, -0.2) is 4.99 Å². The van der Waals surface area contributed by atoms with Crippen molar-refractivity contribution in [2.75, 3.05) is 40.0 Å². The number of aliphatic imine (C=N–C) groups is 1. The first kappa shape index (κ1) is 20.2. The molecule has 1 aliphatic heterocycles. The smallest absolute Gasteiger partial charge is 0.188 e. The van der Waals surface area contributed by atoms with Crippen LogP contribution < -0.4 is 15.8 Å². The van der Waals surface area contributed by atoms with Crippen LogP contribution in [-0.2, 0) is 24.2 Å². The van der Waals surface area contributed by atoms with Crippen LogP contribution in [-0.4, -0.2) is 50.8 Å². The summed E-state index contributed by atoms with van der Waals surface area (Å²) in [6, 6.07) is 16.7. The van der Waals surface area contributed by atoms with E-state index in [0.29, 0.717) is 12.5 Å². The Morgan fingerprint density at radius 1 is 1.04 bits per heavy atom. The summed E-state index contributed by atoms with van der Waals surface area (Å²) in [5, 5.41) is 3.17. The number of hydrogen-bond donors (Lipinski definition) is 2. The molecule has 0 saturated carbocycles. The highest BCUT2D eigenvalue weighted by atomic mass is 16.5. The zero-order valence-electron chi connectivity index (χ0n) is 16.6. The molecule has 6 heteroatoms. The lowest BCUT2D eigenvalue weighted by molar-refractivity contribution is 0.0342. The monoisotopic (exact) mass is 382 g/mol. The van der Waals surface area contributed by atoms with Crippen LogP contribution in [0.4, 0.5) is 0 Å². The highest BCUT2D eigenvalue weighted by Crippen LogP contribution is 2.12. The SMILES string of the molecule is COc1ccc(CCNC(N)=NCc2ccc(CN3CCOCC3)cc2)cc1. The molecule has 0 spiro atoms. The molecule has 1 heterocycles. The molecule has 0 radical (unpaired) electrons. The summed E-state index contributed by atoms with van der Waals surface area (Å²) in [5.74, 6) is 1.35. The lowest BCUT2D eigenvalue weighted by Crippen LogP contribution is -2.35. The fourth-order valence-corrected chi connectivity index (χ4v) is 3.13. The number of morpholine rings is 1. The van der Waals surface area contributed by atoms with Crippen molar-refractivity contribution in [3.8, 4) is 5.75 Å². The summed E-state index contributed by atoms with van der Waals surface area (Å²) in [4.78, 5) is 6.85. The average molecular weight is 383 g/mol. The van der Waals surface area contributed by atoms with E-state index in [1.54, 1.807) is 7.11 Å². The van der Waals surface area contributed by atoms with Crippen molar-refractivity contribution in [1.29, 1.82) is 0 Å². The predicted octanol–water partition coefficient (Wildman–Crippen LogP) is 2.17. The number of methoxy groups -OCH3 is 1. The Bertz CT molecular complexity index is 738. The first-order valence-corrected chi connectivity index (χ1v) is 9.77. The fourth-order valence-electron chi connectivity index (χ4n) is 3.13. The second-order valence-corrected chi connectivity index (χ2v) is 6.93. The number of nitrogens with zero attached hydrogens (tertiary/aromatic N) is 2. The van der Waals surface area contributed by atoms with Gasteiger partial charge in [-0.15, -0.1) is 0 Å². The van der Waals surface area contributed by atoms with Gasteiger partial charge in [0.2, 0.25) is 0 Å². The maximum absolute atomic E-state index is 5.99. The molecule has 28 heavy (non-hydrogen) atoms. The minimum Gasteiger partial charge on any atom is -0.497 e. The molecule has 1 fully saturated rings. The Labute approximate surface area is 167 Å². The number of guanidine groups is 1. The third kappa shape index (κ3) is 6.55. The topological polar surface area (TPSA) is 72.1 Å². The van der Waals surface area contributed by atoms with E-state index in [1.807, 2.05) is 12.1 Å². The van der Waals surface area contributed by atoms with Crippen molar-refractivity contribution in [2.24, 2.45) is 10.7 Å². The van der Waals surface area contributed by atoms with Gasteiger partial charge in [0.15, 0.2) is 5.96 Å². The molecule has 3 rings (SSSR count). The van der Waals surface area contributed by atoms with E-state index < -0.39 is 0 Å². The maximum atomic E-state index is 5.99. The third-order valence-corrected chi connectivity index (χ3v) is 4.84. The van der Waals surface area contributed by atoms with Gasteiger partial charge in [0, 0.05) is 26.2 Å². The number of benzene rings is 2. The molecule has 0 aliphatic carbocycles. The number of nitrogens with one attached hydrogen (secondary N) is 1. The van der Waals surface area contributed by atoms with Crippen molar-refractivity contribution in [3.63, 3.8) is 0 Å². The molecule has 0 unspecified atom stereocenters. The largest absolute Gasteiger partial charge is 0.497 e. The van der Waals surface area contributed by atoms with E-state index in [0.717, 1.165) is 57.1 Å². The van der Waals surface area contributed by atoms with Crippen LogP contribution in [0.1, 0.15) is 16.7 Å². The molecule has 0 bridgehead atoms. The van der Waals surface area contributed by atoms with Crippen molar-refractivity contribution >= 4 is 5.96 Å². The van der Waals surface area contributed by atoms with Gasteiger partial charge >= 0.3 is 0 Å². The molecule has 1 saturated heterocycles. The molecule has 2 aromatic rings. The van der Waals surface area contributed by atoms with Gasteiger partial charge in [0.1, 0.15) is 5.75 Å². The molecule has 2 aromatic carbocycles. The van der Waals surface area contributed by atoms with Crippen molar-refractivity contribution in [2.45, 2.75) is 19.5 Å². The second kappa shape index (κ2) is 10.7. The number of hydrogen-bond acceptors (Lipinski definition) is 4. The lowest BCUT2D eigenvalue weighted by atomic mass is 10.1. The number of rotatable bonds is 8. The maximum Gasteiger partial charge on any atom is 0.188 e. The lowest BCUT2D eigenvalue weighted by Gasteiger charge is -2.26. The van der Waals surface area contributed by atoms with Crippen molar-refractivity contribution in [1.82, 2.24) is 10.2 Å². The first-order valence-electron chi connectivity index (χ1n) is 9.77. The zero-order valence-corrected chi connectivity index (χ0v) is 16.6. The molecule has 3 N–H and O–H groups in total. The van der Waals surface area contributed by atoms with Crippen molar-refractivity contribution < 1.29 is 9.47 Å². The Balaban J connectivity index is 1.39. The van der Waals surface area contributed by atoms with Gasteiger partial charge in [-0.3, -0.25) is 4.90 Å². The van der Waals surface area contributed by atoms with Crippen molar-refractivity contribution in [3.05, 3.63) is 65.2 Å². The highest BCUT2D eigenvalue weighted by molar-refractivity contribution is 5.77. The van der Waals surface area contributed by atoms with E-state index in [4.69, 9.17) is 15.2 Å². The molecule has 0 aromatic heterocycles. The standard InChI is InChI=1S/C22H30N4O2/c1-27-21-8-6-18(7-9-21)10-11-24-22(23)25-16-19-2-4-20(5-3-19)17-26-12-14-28-15-13-26/h2-9H,10-17H2,1H3,(H3,23,24,25). The molecule has 0 amide bonds. The van der Waals surface area contributed by atoms with E-state index in [9.17, 15) is 0 Å². The van der Waals surface area contributed by atoms with Crippen LogP contribution in [0.5, 0.6) is 5.75 Å². The van der Waals surface area contributed by atoms with Crippen LogP contribution in [0.15, 0.2) is 53.5 Å². The molecular weight excluding hydrogens is 352 g/mol. The van der Waals surface area contributed by atoms with Crippen LogP contribution in [0.25, 0.3) is 0 Å². The first-order chi connectivity index (χ1) is 13.7. The van der Waals surface area contributed by atoms with E-state index in [-0.39, 0.29) is 0 Å². The van der Waals surface area contributed by atoms with Gasteiger partial charge in [0.05, 0.1) is 26.9 Å². The molecule has 1 aliphatic rings. The Hall–Kier alpha value is -2.57. The summed E-state index contributed by atoms with van der Waals surface area (Å²) in [6.07, 6.45) is 0.885. The summed E-state index contributed by atoms with van der Waals surface area (Å²) in [6.45, 7) is 5.98. The van der Waals surface area contributed by atoms with Crippen LogP contribution in [0.2, 0.25) is 0 Å². The van der Waals surface area contributed by atoms with Crippen LogP contribution in [0, 0.1) is 0 Å². The fraction of sp³-hybridized carbons (Fsp3) is 0.409. The quantitative estimate of drug-likeness (QED) is 0.541. The minimum atomic E-state index is 0.478. The Morgan fingerprint density at radius 2 is 1.68 bits per heavy atom. The normalized spacial score (nSPS) is 15.4. The average Bonchev–Trinajstić information content (AvgIpc) is 2.74. The van der Waals surface area contributed by atoms with Gasteiger partial charge in [-0.05, 0) is 35.2 Å². The minimum absolute atomic E-state index is 0.478. The van der Waals surface area contributed by atoms with Crippen LogP contribution >= 0.6 is 0 Å². The Morgan fingerprint density at radius 3 is 2.36 bits per heavy atom. The number of nitrogens with two attached hydrogens (primary N) is 1. The molecule has 6 nitrogen and oxygen atoms in total. The van der Waals surface area contributed by atoms with E-state index >= 15 is 0 Å². The van der Waals surface area contributed by atoms with E-state index in [2.05, 4.69) is 51.6 Å². The molecule has 150 valence electrons. The summed E-state index contributed by atoms with van der Waals surface area (Å²) in [7, 11) is 1.67. The molecule has 0 atom stereocenters. The summed E-state index contributed by atoms with van der Waals surface area (Å²) < 4.78 is 10.6. The van der Waals surface area contributed by atoms with Gasteiger partial charge in [0.25, 0.3) is 0 Å².